The first-order valence-electron chi connectivity index (χ1n) is 5.26. The molecule has 0 saturated carbocycles. The van der Waals surface area contributed by atoms with E-state index >= 15 is 0 Å². The molecule has 94 valence electrons. The highest BCUT2D eigenvalue weighted by molar-refractivity contribution is 9.10. The van der Waals surface area contributed by atoms with E-state index in [1.165, 1.54) is 0 Å². The summed E-state index contributed by atoms with van der Waals surface area (Å²) in [4.78, 5) is 12.7. The molecule has 2 nitrogen and oxygen atoms in total. The van der Waals surface area contributed by atoms with Crippen molar-refractivity contribution >= 4 is 44.7 Å². The molecule has 5 heteroatoms. The summed E-state index contributed by atoms with van der Waals surface area (Å²) in [6.07, 6.45) is 0.407. The fraction of sp³-hybridized carbons (Fsp3) is 0.154. The van der Waals surface area contributed by atoms with E-state index in [1.54, 1.807) is 35.6 Å². The number of Topliss-reactive ketones (excluding diaryl/α,β-unsaturated/α-hetero) is 1. The monoisotopic (exact) mass is 344 g/mol. The minimum atomic E-state index is 0.0549. The molecule has 1 aromatic heterocycles. The molecule has 2 rings (SSSR count). The number of ether oxygens (including phenoxy) is 1. The second-order valence-corrected chi connectivity index (χ2v) is 6.04. The third-order valence-corrected chi connectivity index (χ3v) is 4.16. The Morgan fingerprint density at radius 2 is 2.06 bits per heavy atom. The smallest absolute Gasteiger partial charge is 0.175 e. The number of benzene rings is 1. The van der Waals surface area contributed by atoms with Crippen LogP contribution in [0.2, 0.25) is 5.02 Å². The van der Waals surface area contributed by atoms with Crippen LogP contribution in [0.3, 0.4) is 0 Å². The van der Waals surface area contributed by atoms with E-state index in [1.807, 2.05) is 11.4 Å². The summed E-state index contributed by atoms with van der Waals surface area (Å²) >= 11 is 10.7. The van der Waals surface area contributed by atoms with Gasteiger partial charge in [0.05, 0.1) is 0 Å². The molecule has 0 bridgehead atoms. The van der Waals surface area contributed by atoms with Gasteiger partial charge in [-0.2, -0.15) is 0 Å². The molecule has 1 heterocycles. The molecule has 0 radical (unpaired) electrons. The fourth-order valence-corrected chi connectivity index (χ4v) is 2.99. The first-order chi connectivity index (χ1) is 8.63. The van der Waals surface area contributed by atoms with Gasteiger partial charge in [-0.1, -0.05) is 11.6 Å². The Bertz CT molecular complexity index is 536. The van der Waals surface area contributed by atoms with E-state index < -0.39 is 0 Å². The number of rotatable bonds is 5. The molecule has 0 spiro atoms. The summed E-state index contributed by atoms with van der Waals surface area (Å²) in [5.41, 5.74) is 0. The van der Waals surface area contributed by atoms with E-state index in [9.17, 15) is 4.79 Å². The lowest BCUT2D eigenvalue weighted by Gasteiger charge is -2.04. The van der Waals surface area contributed by atoms with Crippen molar-refractivity contribution in [2.75, 3.05) is 6.61 Å². The highest BCUT2D eigenvalue weighted by Crippen LogP contribution is 2.20. The largest absolute Gasteiger partial charge is 0.486 e. The molecule has 0 aliphatic heterocycles. The van der Waals surface area contributed by atoms with Gasteiger partial charge in [0.25, 0.3) is 0 Å². The number of hydrogen-bond acceptors (Lipinski definition) is 3. The standard InChI is InChI=1S/C13H10BrClO2S/c14-9-5-13(18-8-9)6-11(16)7-17-12-3-1-10(15)2-4-12/h1-5,8H,6-7H2. The van der Waals surface area contributed by atoms with Gasteiger partial charge < -0.3 is 4.74 Å². The van der Waals surface area contributed by atoms with Crippen molar-refractivity contribution in [3.63, 3.8) is 0 Å². The van der Waals surface area contributed by atoms with Crippen LogP contribution in [-0.4, -0.2) is 12.4 Å². The van der Waals surface area contributed by atoms with Crippen LogP contribution in [0.1, 0.15) is 4.88 Å². The maximum absolute atomic E-state index is 11.7. The number of carbonyl (C=O) groups is 1. The molecule has 0 fully saturated rings. The van der Waals surface area contributed by atoms with E-state index in [2.05, 4.69) is 15.9 Å². The van der Waals surface area contributed by atoms with Gasteiger partial charge in [-0.25, -0.2) is 0 Å². The fourth-order valence-electron chi connectivity index (χ4n) is 1.39. The lowest BCUT2D eigenvalue weighted by atomic mass is 10.2. The molecule has 0 atom stereocenters. The van der Waals surface area contributed by atoms with Gasteiger partial charge in [0.2, 0.25) is 0 Å². The molecule has 18 heavy (non-hydrogen) atoms. The second-order valence-electron chi connectivity index (χ2n) is 3.69. The highest BCUT2D eigenvalue weighted by Gasteiger charge is 2.07. The molecule has 1 aromatic carbocycles. The second kappa shape index (κ2) is 6.36. The molecule has 0 aliphatic carbocycles. The van der Waals surface area contributed by atoms with E-state index in [0.717, 1.165) is 9.35 Å². The Balaban J connectivity index is 1.83. The SMILES string of the molecule is O=C(COc1ccc(Cl)cc1)Cc1cc(Br)cs1. The minimum Gasteiger partial charge on any atom is -0.486 e. The predicted molar refractivity (Wildman–Crippen MR) is 77.7 cm³/mol. The number of halogens is 2. The van der Waals surface area contributed by atoms with Crippen molar-refractivity contribution in [1.29, 1.82) is 0 Å². The van der Waals surface area contributed by atoms with Crippen LogP contribution >= 0.6 is 38.9 Å². The van der Waals surface area contributed by atoms with Gasteiger partial charge in [-0.05, 0) is 46.3 Å². The first kappa shape index (κ1) is 13.6. The Labute approximate surface area is 123 Å². The van der Waals surface area contributed by atoms with Crippen LogP contribution < -0.4 is 4.74 Å². The topological polar surface area (TPSA) is 26.3 Å². The third-order valence-electron chi connectivity index (χ3n) is 2.21. The molecule has 0 N–H and O–H groups in total. The average Bonchev–Trinajstić information content (AvgIpc) is 2.74. The molecule has 0 saturated heterocycles. The van der Waals surface area contributed by atoms with Crippen molar-refractivity contribution in [3.05, 3.63) is 50.1 Å². The Morgan fingerprint density at radius 3 is 2.67 bits per heavy atom. The third kappa shape index (κ3) is 4.12. The summed E-state index contributed by atoms with van der Waals surface area (Å²) in [6, 6.07) is 8.91. The van der Waals surface area contributed by atoms with Gasteiger partial charge in [0.15, 0.2) is 5.78 Å². The van der Waals surface area contributed by atoms with Crippen LogP contribution in [0.15, 0.2) is 40.2 Å². The molecular formula is C13H10BrClO2S. The van der Waals surface area contributed by atoms with Crippen molar-refractivity contribution in [1.82, 2.24) is 0 Å². The Morgan fingerprint density at radius 1 is 1.33 bits per heavy atom. The maximum Gasteiger partial charge on any atom is 0.175 e. The van der Waals surface area contributed by atoms with Crippen LogP contribution in [0.5, 0.6) is 5.75 Å². The quantitative estimate of drug-likeness (QED) is 0.805. The molecule has 0 aliphatic rings. The Hall–Kier alpha value is -0.840. The summed E-state index contributed by atoms with van der Waals surface area (Å²) in [6.45, 7) is 0.0805. The zero-order chi connectivity index (χ0) is 13.0. The average molecular weight is 346 g/mol. The van der Waals surface area contributed by atoms with Gasteiger partial charge >= 0.3 is 0 Å². The normalized spacial score (nSPS) is 10.3. The number of hydrogen-bond donors (Lipinski definition) is 0. The summed E-state index contributed by atoms with van der Waals surface area (Å²) in [5.74, 6) is 0.708. The molecule has 2 aromatic rings. The maximum atomic E-state index is 11.7. The van der Waals surface area contributed by atoms with Gasteiger partial charge in [-0.15, -0.1) is 11.3 Å². The summed E-state index contributed by atoms with van der Waals surface area (Å²) in [7, 11) is 0. The van der Waals surface area contributed by atoms with E-state index in [0.29, 0.717) is 17.2 Å². The van der Waals surface area contributed by atoms with Gasteiger partial charge in [0, 0.05) is 26.2 Å². The molecule has 0 amide bonds. The number of thiophene rings is 1. The van der Waals surface area contributed by atoms with Crippen molar-refractivity contribution < 1.29 is 9.53 Å². The van der Waals surface area contributed by atoms with Crippen molar-refractivity contribution in [2.45, 2.75) is 6.42 Å². The van der Waals surface area contributed by atoms with Gasteiger partial charge in [-0.3, -0.25) is 4.79 Å². The Kier molecular flexibility index (Phi) is 4.80. The van der Waals surface area contributed by atoms with Crippen LogP contribution in [0.4, 0.5) is 0 Å². The lowest BCUT2D eigenvalue weighted by Crippen LogP contribution is -2.13. The summed E-state index contributed by atoms with van der Waals surface area (Å²) in [5, 5.41) is 2.61. The zero-order valence-electron chi connectivity index (χ0n) is 9.36. The number of carbonyl (C=O) groups excluding carboxylic acids is 1. The lowest BCUT2D eigenvalue weighted by molar-refractivity contribution is -0.120. The minimum absolute atomic E-state index is 0.0549. The predicted octanol–water partition coefficient (Wildman–Crippen LogP) is 4.35. The van der Waals surface area contributed by atoms with Crippen LogP contribution in [-0.2, 0) is 11.2 Å². The highest BCUT2D eigenvalue weighted by atomic mass is 79.9. The van der Waals surface area contributed by atoms with E-state index in [4.69, 9.17) is 16.3 Å². The molecule has 0 unspecified atom stereocenters. The van der Waals surface area contributed by atoms with Crippen molar-refractivity contribution in [2.24, 2.45) is 0 Å². The van der Waals surface area contributed by atoms with Crippen LogP contribution in [0, 0.1) is 0 Å². The number of ketones is 1. The van der Waals surface area contributed by atoms with Crippen LogP contribution in [0.25, 0.3) is 0 Å². The first-order valence-corrected chi connectivity index (χ1v) is 7.31. The van der Waals surface area contributed by atoms with Crippen molar-refractivity contribution in [3.8, 4) is 5.75 Å². The summed E-state index contributed by atoms with van der Waals surface area (Å²) < 4.78 is 6.39. The van der Waals surface area contributed by atoms with E-state index in [-0.39, 0.29) is 12.4 Å². The molecular weight excluding hydrogens is 336 g/mol. The van der Waals surface area contributed by atoms with Gasteiger partial charge in [0.1, 0.15) is 12.4 Å². The zero-order valence-corrected chi connectivity index (χ0v) is 12.5.